The molecule has 0 amide bonds. The summed E-state index contributed by atoms with van der Waals surface area (Å²) < 4.78 is 5.49. The molecule has 0 aromatic heterocycles. The molecule has 0 saturated heterocycles. The molecule has 2 N–H and O–H groups in total. The zero-order chi connectivity index (χ0) is 14.5. The van der Waals surface area contributed by atoms with Crippen molar-refractivity contribution in [2.24, 2.45) is 5.73 Å². The first kappa shape index (κ1) is 13.5. The molecular formula is C14H11N3O3. The molecule has 0 aliphatic heterocycles. The highest BCUT2D eigenvalue weighted by molar-refractivity contribution is 5.52. The fourth-order valence-electron chi connectivity index (χ4n) is 1.69. The van der Waals surface area contributed by atoms with Gasteiger partial charge in [0.05, 0.1) is 10.5 Å². The minimum Gasteiger partial charge on any atom is -0.449 e. The number of hydrogen-bond donors (Lipinski definition) is 1. The number of hydrogen-bond acceptors (Lipinski definition) is 5. The van der Waals surface area contributed by atoms with Gasteiger partial charge in [0.1, 0.15) is 11.8 Å². The number of ether oxygens (including phenoxy) is 1. The standard InChI is InChI=1S/C14H11N3O3/c15-8-10-5-6-13(11(7-10)9-16)20-14-4-2-1-3-12(14)17(18)19/h1-7H,8,15H2. The van der Waals surface area contributed by atoms with Crippen molar-refractivity contribution in [3.63, 3.8) is 0 Å². The van der Waals surface area contributed by atoms with E-state index in [9.17, 15) is 10.1 Å². The van der Waals surface area contributed by atoms with E-state index in [1.807, 2.05) is 6.07 Å². The van der Waals surface area contributed by atoms with Gasteiger partial charge in [-0.05, 0) is 23.8 Å². The van der Waals surface area contributed by atoms with E-state index in [1.165, 1.54) is 12.1 Å². The first-order valence-electron chi connectivity index (χ1n) is 5.80. The largest absolute Gasteiger partial charge is 0.449 e. The average molecular weight is 269 g/mol. The molecule has 100 valence electrons. The van der Waals surface area contributed by atoms with Crippen molar-refractivity contribution < 1.29 is 9.66 Å². The number of nitro benzene ring substituents is 1. The zero-order valence-corrected chi connectivity index (χ0v) is 10.4. The van der Waals surface area contributed by atoms with E-state index in [-0.39, 0.29) is 22.7 Å². The van der Waals surface area contributed by atoms with Crippen molar-refractivity contribution in [1.29, 1.82) is 5.26 Å². The second-order valence-electron chi connectivity index (χ2n) is 3.97. The lowest BCUT2D eigenvalue weighted by molar-refractivity contribution is -0.385. The highest BCUT2D eigenvalue weighted by atomic mass is 16.6. The van der Waals surface area contributed by atoms with Crippen LogP contribution in [0.25, 0.3) is 0 Å². The lowest BCUT2D eigenvalue weighted by atomic mass is 10.1. The van der Waals surface area contributed by atoms with Crippen molar-refractivity contribution in [3.8, 4) is 17.6 Å². The topological polar surface area (TPSA) is 102 Å². The Hall–Kier alpha value is -2.91. The minimum atomic E-state index is -0.532. The molecule has 0 bridgehead atoms. The SMILES string of the molecule is N#Cc1cc(CN)ccc1Oc1ccccc1[N+](=O)[O-]. The molecule has 6 heteroatoms. The third-order valence-corrected chi connectivity index (χ3v) is 2.68. The van der Waals surface area contributed by atoms with Crippen LogP contribution in [0.5, 0.6) is 11.5 Å². The monoisotopic (exact) mass is 269 g/mol. The zero-order valence-electron chi connectivity index (χ0n) is 10.4. The van der Waals surface area contributed by atoms with Crippen molar-refractivity contribution in [2.45, 2.75) is 6.54 Å². The number of rotatable bonds is 4. The van der Waals surface area contributed by atoms with E-state index < -0.39 is 4.92 Å². The van der Waals surface area contributed by atoms with Gasteiger partial charge in [-0.1, -0.05) is 18.2 Å². The highest BCUT2D eigenvalue weighted by Crippen LogP contribution is 2.32. The van der Waals surface area contributed by atoms with Crippen LogP contribution in [0.3, 0.4) is 0 Å². The van der Waals surface area contributed by atoms with Gasteiger partial charge in [0.25, 0.3) is 0 Å². The molecule has 0 heterocycles. The summed E-state index contributed by atoms with van der Waals surface area (Å²) in [6.45, 7) is 0.306. The second-order valence-corrected chi connectivity index (χ2v) is 3.97. The van der Waals surface area contributed by atoms with Crippen molar-refractivity contribution in [1.82, 2.24) is 0 Å². The Morgan fingerprint density at radius 2 is 2.00 bits per heavy atom. The number of nitriles is 1. The number of nitro groups is 1. The smallest absolute Gasteiger partial charge is 0.311 e. The molecule has 0 unspecified atom stereocenters. The molecule has 0 saturated carbocycles. The van der Waals surface area contributed by atoms with Gasteiger partial charge in [-0.3, -0.25) is 10.1 Å². The maximum absolute atomic E-state index is 10.9. The van der Waals surface area contributed by atoms with Crippen LogP contribution in [0.15, 0.2) is 42.5 Å². The number of benzene rings is 2. The molecule has 0 aliphatic carbocycles. The summed E-state index contributed by atoms with van der Waals surface area (Å²) in [4.78, 5) is 10.4. The molecule has 0 atom stereocenters. The fraction of sp³-hybridized carbons (Fsp3) is 0.0714. The van der Waals surface area contributed by atoms with Crippen LogP contribution in [0.1, 0.15) is 11.1 Å². The van der Waals surface area contributed by atoms with E-state index in [0.29, 0.717) is 6.54 Å². The summed E-state index contributed by atoms with van der Waals surface area (Å²) in [6, 6.07) is 12.9. The van der Waals surface area contributed by atoms with Crippen LogP contribution in [-0.2, 0) is 6.54 Å². The quantitative estimate of drug-likeness (QED) is 0.679. The Labute approximate surface area is 115 Å². The minimum absolute atomic E-state index is 0.0921. The molecule has 6 nitrogen and oxygen atoms in total. The van der Waals surface area contributed by atoms with Crippen molar-refractivity contribution in [2.75, 3.05) is 0 Å². The van der Waals surface area contributed by atoms with Gasteiger partial charge in [-0.15, -0.1) is 0 Å². The predicted molar refractivity (Wildman–Crippen MR) is 72.2 cm³/mol. The van der Waals surface area contributed by atoms with E-state index in [0.717, 1.165) is 5.56 Å². The molecule has 0 aliphatic rings. The van der Waals surface area contributed by atoms with Gasteiger partial charge in [-0.2, -0.15) is 5.26 Å². The Morgan fingerprint density at radius 1 is 1.25 bits per heavy atom. The van der Waals surface area contributed by atoms with Gasteiger partial charge in [0.15, 0.2) is 0 Å². The van der Waals surface area contributed by atoms with E-state index in [4.69, 9.17) is 15.7 Å². The van der Waals surface area contributed by atoms with Crippen LogP contribution in [0.2, 0.25) is 0 Å². The second kappa shape index (κ2) is 5.82. The summed E-state index contributed by atoms with van der Waals surface area (Å²) in [5, 5.41) is 20.0. The fourth-order valence-corrected chi connectivity index (χ4v) is 1.69. The summed E-state index contributed by atoms with van der Waals surface area (Å²) in [5.41, 5.74) is 6.42. The van der Waals surface area contributed by atoms with Gasteiger partial charge < -0.3 is 10.5 Å². The summed E-state index contributed by atoms with van der Waals surface area (Å²) >= 11 is 0. The third-order valence-electron chi connectivity index (χ3n) is 2.68. The number of para-hydroxylation sites is 2. The first-order chi connectivity index (χ1) is 9.65. The van der Waals surface area contributed by atoms with Gasteiger partial charge in [-0.25, -0.2) is 0 Å². The molecule has 0 fully saturated rings. The van der Waals surface area contributed by atoms with Crippen molar-refractivity contribution >= 4 is 5.69 Å². The number of nitrogens with two attached hydrogens (primary N) is 1. The number of nitrogens with zero attached hydrogens (tertiary/aromatic N) is 2. The van der Waals surface area contributed by atoms with Gasteiger partial charge in [0.2, 0.25) is 5.75 Å². The lowest BCUT2D eigenvalue weighted by Crippen LogP contribution is -1.98. The predicted octanol–water partition coefficient (Wildman–Crippen LogP) is 2.72. The van der Waals surface area contributed by atoms with Crippen LogP contribution in [-0.4, -0.2) is 4.92 Å². The van der Waals surface area contributed by atoms with E-state index in [1.54, 1.807) is 30.3 Å². The van der Waals surface area contributed by atoms with Gasteiger partial charge in [0, 0.05) is 12.6 Å². The van der Waals surface area contributed by atoms with Crippen LogP contribution < -0.4 is 10.5 Å². The molecule has 2 aromatic rings. The first-order valence-corrected chi connectivity index (χ1v) is 5.80. The Kier molecular flexibility index (Phi) is 3.93. The summed E-state index contributed by atoms with van der Waals surface area (Å²) in [7, 11) is 0. The normalized spacial score (nSPS) is 9.80. The third kappa shape index (κ3) is 2.74. The molecule has 0 radical (unpaired) electrons. The summed E-state index contributed by atoms with van der Waals surface area (Å²) in [6.07, 6.45) is 0. The molecule has 2 rings (SSSR count). The van der Waals surface area contributed by atoms with Gasteiger partial charge >= 0.3 is 5.69 Å². The maximum Gasteiger partial charge on any atom is 0.311 e. The molecule has 20 heavy (non-hydrogen) atoms. The molecule has 2 aromatic carbocycles. The van der Waals surface area contributed by atoms with E-state index in [2.05, 4.69) is 0 Å². The van der Waals surface area contributed by atoms with E-state index >= 15 is 0 Å². The van der Waals surface area contributed by atoms with Crippen LogP contribution in [0, 0.1) is 21.4 Å². The Morgan fingerprint density at radius 3 is 2.65 bits per heavy atom. The molecular weight excluding hydrogens is 258 g/mol. The van der Waals surface area contributed by atoms with Crippen LogP contribution in [0.4, 0.5) is 5.69 Å². The Bertz CT molecular complexity index is 692. The Balaban J connectivity index is 2.41. The van der Waals surface area contributed by atoms with Crippen molar-refractivity contribution in [3.05, 3.63) is 63.7 Å². The molecule has 0 spiro atoms. The van der Waals surface area contributed by atoms with Crippen LogP contribution >= 0.6 is 0 Å². The summed E-state index contributed by atoms with van der Waals surface area (Å²) in [5.74, 6) is 0.355. The highest BCUT2D eigenvalue weighted by Gasteiger charge is 2.16. The maximum atomic E-state index is 10.9. The average Bonchev–Trinajstić information content (AvgIpc) is 2.48. The lowest BCUT2D eigenvalue weighted by Gasteiger charge is -2.08.